The first-order valence-corrected chi connectivity index (χ1v) is 8.68. The number of hydrogen-bond donors (Lipinski definition) is 2. The summed E-state index contributed by atoms with van der Waals surface area (Å²) in [4.78, 5) is 31.2. The van der Waals surface area contributed by atoms with E-state index in [0.717, 1.165) is 4.90 Å². The minimum Gasteiger partial charge on any atom is -0.453 e. The standard InChI is InChI=1S/C16H28F3N5O3/c1-6-21-13(20-4)11-7-23(8-16(17,18)19)9-24(11)14(25)12(10(2)3)22-15(26)27-5/h10-12H,6-9H2,1-5H3,(H,20,21)(H,22,26). The average molecular weight is 395 g/mol. The Morgan fingerprint density at radius 3 is 2.41 bits per heavy atom. The van der Waals surface area contributed by atoms with E-state index in [1.165, 1.54) is 19.1 Å². The van der Waals surface area contributed by atoms with Crippen LogP contribution < -0.4 is 10.6 Å². The molecule has 1 aliphatic heterocycles. The van der Waals surface area contributed by atoms with Crippen molar-refractivity contribution in [1.29, 1.82) is 0 Å². The van der Waals surface area contributed by atoms with Gasteiger partial charge in [0, 0.05) is 20.1 Å². The Balaban J connectivity index is 3.11. The van der Waals surface area contributed by atoms with Crippen LogP contribution in [-0.2, 0) is 9.53 Å². The largest absolute Gasteiger partial charge is 0.453 e. The summed E-state index contributed by atoms with van der Waals surface area (Å²) in [6, 6.07) is -1.59. The summed E-state index contributed by atoms with van der Waals surface area (Å²) in [5, 5.41) is 5.46. The third-order valence-corrected chi connectivity index (χ3v) is 4.15. The maximum absolute atomic E-state index is 13.0. The van der Waals surface area contributed by atoms with E-state index >= 15 is 0 Å². The third-order valence-electron chi connectivity index (χ3n) is 4.15. The first-order chi connectivity index (χ1) is 12.5. The molecule has 0 aliphatic carbocycles. The lowest BCUT2D eigenvalue weighted by molar-refractivity contribution is -0.148. The molecule has 0 spiro atoms. The van der Waals surface area contributed by atoms with Crippen molar-refractivity contribution in [3.63, 3.8) is 0 Å². The van der Waals surface area contributed by atoms with E-state index in [0.29, 0.717) is 12.4 Å². The van der Waals surface area contributed by atoms with Crippen molar-refractivity contribution in [2.45, 2.75) is 39.0 Å². The van der Waals surface area contributed by atoms with Crippen LogP contribution in [0.2, 0.25) is 0 Å². The minimum atomic E-state index is -4.38. The number of likely N-dealkylation sites (N-methyl/N-ethyl adjacent to an activating group) is 1. The van der Waals surface area contributed by atoms with Crippen LogP contribution in [0, 0.1) is 5.92 Å². The summed E-state index contributed by atoms with van der Waals surface area (Å²) < 4.78 is 43.1. The molecule has 2 unspecified atom stereocenters. The van der Waals surface area contributed by atoms with Crippen LogP contribution in [0.4, 0.5) is 18.0 Å². The molecule has 2 atom stereocenters. The van der Waals surface area contributed by atoms with Crippen LogP contribution in [0.1, 0.15) is 20.8 Å². The van der Waals surface area contributed by atoms with Gasteiger partial charge in [0.15, 0.2) is 0 Å². The van der Waals surface area contributed by atoms with Crippen molar-refractivity contribution in [2.24, 2.45) is 10.9 Å². The minimum absolute atomic E-state index is 0.00599. The second-order valence-corrected chi connectivity index (χ2v) is 6.59. The number of nitrogens with zero attached hydrogens (tertiary/aromatic N) is 3. The fourth-order valence-electron chi connectivity index (χ4n) is 2.95. The Kier molecular flexibility index (Phi) is 8.32. The number of alkyl halides is 3. The summed E-state index contributed by atoms with van der Waals surface area (Å²) in [5.41, 5.74) is 0. The SMILES string of the molecule is CCNC(=NC)C1CN(CC(F)(F)F)CN1C(=O)C(NC(=O)OC)C(C)C. The Labute approximate surface area is 157 Å². The van der Waals surface area contributed by atoms with Crippen molar-refractivity contribution < 1.29 is 27.5 Å². The molecular formula is C16H28F3N5O3. The first-order valence-electron chi connectivity index (χ1n) is 8.68. The van der Waals surface area contributed by atoms with Crippen LogP contribution in [0.25, 0.3) is 0 Å². The summed E-state index contributed by atoms with van der Waals surface area (Å²) >= 11 is 0. The number of amides is 2. The highest BCUT2D eigenvalue weighted by molar-refractivity contribution is 5.94. The molecule has 27 heavy (non-hydrogen) atoms. The van der Waals surface area contributed by atoms with Crippen molar-refractivity contribution in [3.8, 4) is 0 Å². The zero-order valence-corrected chi connectivity index (χ0v) is 16.3. The summed E-state index contributed by atoms with van der Waals surface area (Å²) in [7, 11) is 2.69. The molecule has 8 nitrogen and oxygen atoms in total. The summed E-state index contributed by atoms with van der Waals surface area (Å²) in [5.74, 6) is -0.338. The number of halogens is 3. The lowest BCUT2D eigenvalue weighted by Crippen LogP contribution is -2.55. The monoisotopic (exact) mass is 395 g/mol. The highest BCUT2D eigenvalue weighted by atomic mass is 19.4. The summed E-state index contributed by atoms with van der Waals surface area (Å²) in [6.07, 6.45) is -5.16. The van der Waals surface area contributed by atoms with Crippen LogP contribution in [0.3, 0.4) is 0 Å². The van der Waals surface area contributed by atoms with E-state index in [4.69, 9.17) is 0 Å². The van der Waals surface area contributed by atoms with Crippen LogP contribution in [0.15, 0.2) is 4.99 Å². The van der Waals surface area contributed by atoms with Crippen LogP contribution in [0.5, 0.6) is 0 Å². The van der Waals surface area contributed by atoms with Gasteiger partial charge in [0.05, 0.1) is 20.3 Å². The number of rotatable bonds is 6. The number of carbonyl (C=O) groups is 2. The van der Waals surface area contributed by atoms with Crippen molar-refractivity contribution in [3.05, 3.63) is 0 Å². The molecule has 0 aromatic carbocycles. The predicted molar refractivity (Wildman–Crippen MR) is 94.3 cm³/mol. The van der Waals surface area contributed by atoms with Gasteiger partial charge in [-0.15, -0.1) is 0 Å². The quantitative estimate of drug-likeness (QED) is 0.518. The van der Waals surface area contributed by atoms with Gasteiger partial charge in [0.2, 0.25) is 5.91 Å². The molecule has 0 saturated carbocycles. The van der Waals surface area contributed by atoms with Crippen LogP contribution >= 0.6 is 0 Å². The van der Waals surface area contributed by atoms with E-state index in [2.05, 4.69) is 20.4 Å². The van der Waals surface area contributed by atoms with Crippen LogP contribution in [-0.4, -0.2) is 86.4 Å². The van der Waals surface area contributed by atoms with E-state index in [1.54, 1.807) is 13.8 Å². The van der Waals surface area contributed by atoms with E-state index in [1.807, 2.05) is 6.92 Å². The number of ether oxygens (including phenoxy) is 1. The molecular weight excluding hydrogens is 367 g/mol. The second-order valence-electron chi connectivity index (χ2n) is 6.59. The lowest BCUT2D eigenvalue weighted by atomic mass is 10.0. The number of carbonyl (C=O) groups excluding carboxylic acids is 2. The predicted octanol–water partition coefficient (Wildman–Crippen LogP) is 1.04. The third kappa shape index (κ3) is 6.56. The van der Waals surface area contributed by atoms with Gasteiger partial charge in [-0.25, -0.2) is 4.79 Å². The van der Waals surface area contributed by atoms with Gasteiger partial charge in [0.25, 0.3) is 0 Å². The zero-order valence-electron chi connectivity index (χ0n) is 16.3. The normalized spacial score (nSPS) is 20.0. The number of alkyl carbamates (subject to hydrolysis) is 1. The molecule has 0 aromatic heterocycles. The van der Waals surface area contributed by atoms with Gasteiger partial charge < -0.3 is 20.3 Å². The number of amidine groups is 1. The molecule has 2 N–H and O–H groups in total. The molecule has 1 aliphatic rings. The topological polar surface area (TPSA) is 86.3 Å². The number of methoxy groups -OCH3 is 1. The molecule has 1 rings (SSSR count). The van der Waals surface area contributed by atoms with Gasteiger partial charge in [0.1, 0.15) is 17.9 Å². The van der Waals surface area contributed by atoms with Crippen molar-refractivity contribution in [2.75, 3.05) is 40.5 Å². The van der Waals surface area contributed by atoms with Gasteiger partial charge in [-0.1, -0.05) is 13.8 Å². The summed E-state index contributed by atoms with van der Waals surface area (Å²) in [6.45, 7) is 4.46. The molecule has 0 aromatic rings. The number of nitrogens with one attached hydrogen (secondary N) is 2. The van der Waals surface area contributed by atoms with Gasteiger partial charge in [-0.05, 0) is 12.8 Å². The molecule has 1 saturated heterocycles. The molecule has 0 bridgehead atoms. The smallest absolute Gasteiger partial charge is 0.407 e. The van der Waals surface area contributed by atoms with E-state index in [9.17, 15) is 22.8 Å². The fraction of sp³-hybridized carbons (Fsp3) is 0.812. The highest BCUT2D eigenvalue weighted by Gasteiger charge is 2.43. The molecule has 0 radical (unpaired) electrons. The molecule has 1 fully saturated rings. The Bertz CT molecular complexity index is 554. The van der Waals surface area contributed by atoms with E-state index in [-0.39, 0.29) is 19.1 Å². The first kappa shape index (κ1) is 23.0. The zero-order chi connectivity index (χ0) is 20.8. The Morgan fingerprint density at radius 1 is 1.33 bits per heavy atom. The lowest BCUT2D eigenvalue weighted by Gasteiger charge is -2.30. The fourth-order valence-corrected chi connectivity index (χ4v) is 2.95. The van der Waals surface area contributed by atoms with Gasteiger partial charge in [-0.2, -0.15) is 13.2 Å². The number of aliphatic imine (C=N–C) groups is 1. The van der Waals surface area contributed by atoms with Crippen molar-refractivity contribution in [1.82, 2.24) is 20.4 Å². The maximum atomic E-state index is 13.0. The Morgan fingerprint density at radius 2 is 1.96 bits per heavy atom. The molecule has 11 heteroatoms. The highest BCUT2D eigenvalue weighted by Crippen LogP contribution is 2.23. The van der Waals surface area contributed by atoms with E-state index < -0.39 is 36.8 Å². The Hall–Kier alpha value is -2.04. The molecule has 2 amide bonds. The van der Waals surface area contributed by atoms with Crippen molar-refractivity contribution >= 4 is 17.8 Å². The maximum Gasteiger partial charge on any atom is 0.407 e. The average Bonchev–Trinajstić information content (AvgIpc) is 2.97. The second kappa shape index (κ2) is 9.77. The van der Waals surface area contributed by atoms with Gasteiger partial charge in [-0.3, -0.25) is 14.7 Å². The molecule has 1 heterocycles. The van der Waals surface area contributed by atoms with Gasteiger partial charge >= 0.3 is 12.3 Å². The number of hydrogen-bond acceptors (Lipinski definition) is 5. The molecule has 156 valence electrons.